The van der Waals surface area contributed by atoms with Gasteiger partial charge in [-0.25, -0.2) is 4.79 Å². The fourth-order valence-corrected chi connectivity index (χ4v) is 5.01. The number of nitrogens with zero attached hydrogens (tertiary/aromatic N) is 1. The number of unbranched alkanes of at least 4 members (excludes halogenated alkanes) is 5. The molecule has 242 valence electrons. The lowest BCUT2D eigenvalue weighted by Crippen LogP contribution is -2.53. The molecule has 4 N–H and O–H groups in total. The first-order valence-electron chi connectivity index (χ1n) is 15.8. The second-order valence-electron chi connectivity index (χ2n) is 12.5. The van der Waals surface area contributed by atoms with Gasteiger partial charge in [0.1, 0.15) is 17.7 Å². The summed E-state index contributed by atoms with van der Waals surface area (Å²) in [5, 5.41) is 5.70. The standard InChI is InChI=1S/C35H52N4O5/c1-7-8-9-10-11-15-22-39(33(42)29(20-21-30(36)40)38-34(43)44-35(4,5)6)31(28-23-25(2)18-19-26(28)3)32(41)37-24-27-16-13-12-14-17-27/h12-14,16-19,23,29,31H,7-11,15,20-22,24H2,1-6H3,(H2,36,40)(H,37,41)(H,38,43). The average molecular weight is 609 g/mol. The van der Waals surface area contributed by atoms with Gasteiger partial charge in [-0.1, -0.05) is 93.1 Å². The Morgan fingerprint density at radius 2 is 1.59 bits per heavy atom. The van der Waals surface area contributed by atoms with E-state index in [0.717, 1.165) is 48.8 Å². The van der Waals surface area contributed by atoms with Gasteiger partial charge in [0.2, 0.25) is 17.7 Å². The molecule has 0 aliphatic heterocycles. The number of carbonyl (C=O) groups excluding carboxylic acids is 4. The van der Waals surface area contributed by atoms with Gasteiger partial charge in [0.05, 0.1) is 0 Å². The smallest absolute Gasteiger partial charge is 0.408 e. The molecule has 2 aromatic rings. The molecule has 0 radical (unpaired) electrons. The molecule has 9 heteroatoms. The Hall–Kier alpha value is -3.88. The molecule has 0 heterocycles. The molecule has 2 unspecified atom stereocenters. The van der Waals surface area contributed by atoms with E-state index in [1.165, 1.54) is 0 Å². The van der Waals surface area contributed by atoms with Gasteiger partial charge in [-0.15, -0.1) is 0 Å². The number of hydrogen-bond acceptors (Lipinski definition) is 5. The summed E-state index contributed by atoms with van der Waals surface area (Å²) in [5.41, 5.74) is 8.11. The summed E-state index contributed by atoms with van der Waals surface area (Å²) in [5.74, 6) is -1.39. The summed E-state index contributed by atoms with van der Waals surface area (Å²) in [7, 11) is 0. The number of nitrogens with one attached hydrogen (secondary N) is 2. The molecule has 0 spiro atoms. The normalized spacial score (nSPS) is 12.6. The summed E-state index contributed by atoms with van der Waals surface area (Å²) >= 11 is 0. The van der Waals surface area contributed by atoms with E-state index in [9.17, 15) is 19.2 Å². The topological polar surface area (TPSA) is 131 Å². The molecule has 0 saturated heterocycles. The number of aryl methyl sites for hydroxylation is 2. The van der Waals surface area contributed by atoms with Gasteiger partial charge >= 0.3 is 6.09 Å². The molecule has 0 bridgehead atoms. The monoisotopic (exact) mass is 608 g/mol. The van der Waals surface area contributed by atoms with Crippen molar-refractivity contribution >= 4 is 23.8 Å². The minimum Gasteiger partial charge on any atom is -0.444 e. The van der Waals surface area contributed by atoms with Crippen molar-refractivity contribution in [2.75, 3.05) is 6.54 Å². The number of alkyl carbamates (subject to hydrolysis) is 1. The lowest BCUT2D eigenvalue weighted by molar-refractivity contribution is -0.143. The maximum Gasteiger partial charge on any atom is 0.408 e. The average Bonchev–Trinajstić information content (AvgIpc) is 2.96. The number of hydrogen-bond donors (Lipinski definition) is 3. The van der Waals surface area contributed by atoms with Crippen LogP contribution in [0.5, 0.6) is 0 Å². The van der Waals surface area contributed by atoms with Crippen LogP contribution in [-0.4, -0.2) is 46.9 Å². The van der Waals surface area contributed by atoms with Crippen molar-refractivity contribution in [1.82, 2.24) is 15.5 Å². The zero-order valence-electron chi connectivity index (χ0n) is 27.4. The molecule has 2 atom stereocenters. The van der Waals surface area contributed by atoms with Crippen LogP contribution in [0.15, 0.2) is 48.5 Å². The number of carbonyl (C=O) groups is 4. The number of benzene rings is 2. The van der Waals surface area contributed by atoms with E-state index in [1.807, 2.05) is 62.4 Å². The largest absolute Gasteiger partial charge is 0.444 e. The Bertz CT molecular complexity index is 1230. The van der Waals surface area contributed by atoms with Crippen molar-refractivity contribution in [1.29, 1.82) is 0 Å². The molecule has 0 fully saturated rings. The highest BCUT2D eigenvalue weighted by molar-refractivity contribution is 5.92. The number of rotatable bonds is 17. The van der Waals surface area contributed by atoms with Gasteiger partial charge in [0, 0.05) is 19.5 Å². The number of nitrogens with two attached hydrogens (primary N) is 1. The molecular formula is C35H52N4O5. The van der Waals surface area contributed by atoms with E-state index >= 15 is 0 Å². The Morgan fingerprint density at radius 1 is 0.932 bits per heavy atom. The van der Waals surface area contributed by atoms with E-state index in [2.05, 4.69) is 17.6 Å². The summed E-state index contributed by atoms with van der Waals surface area (Å²) in [6.07, 6.45) is 5.03. The van der Waals surface area contributed by atoms with E-state index < -0.39 is 35.6 Å². The number of amides is 4. The van der Waals surface area contributed by atoms with E-state index in [0.29, 0.717) is 25.1 Å². The molecule has 4 amide bonds. The number of primary amides is 1. The molecular weight excluding hydrogens is 556 g/mol. The second kappa shape index (κ2) is 18.0. The third kappa shape index (κ3) is 12.8. The fraction of sp³-hybridized carbons (Fsp3) is 0.543. The van der Waals surface area contributed by atoms with Crippen molar-refractivity contribution < 1.29 is 23.9 Å². The molecule has 2 rings (SSSR count). The van der Waals surface area contributed by atoms with Gasteiger partial charge in [0.25, 0.3) is 0 Å². The van der Waals surface area contributed by atoms with E-state index in [1.54, 1.807) is 25.7 Å². The molecule has 0 aliphatic carbocycles. The van der Waals surface area contributed by atoms with Crippen molar-refractivity contribution in [3.05, 3.63) is 70.8 Å². The third-order valence-electron chi connectivity index (χ3n) is 7.30. The summed E-state index contributed by atoms with van der Waals surface area (Å²) < 4.78 is 5.44. The maximum atomic E-state index is 14.4. The van der Waals surface area contributed by atoms with Crippen LogP contribution in [-0.2, 0) is 25.7 Å². The van der Waals surface area contributed by atoms with E-state index in [4.69, 9.17) is 10.5 Å². The van der Waals surface area contributed by atoms with E-state index in [-0.39, 0.29) is 18.7 Å². The van der Waals surface area contributed by atoms with Crippen LogP contribution < -0.4 is 16.4 Å². The van der Waals surface area contributed by atoms with Crippen LogP contribution in [0.3, 0.4) is 0 Å². The van der Waals surface area contributed by atoms with Gasteiger partial charge < -0.3 is 26.0 Å². The lowest BCUT2D eigenvalue weighted by atomic mass is 9.95. The predicted octanol–water partition coefficient (Wildman–Crippen LogP) is 6.01. The summed E-state index contributed by atoms with van der Waals surface area (Å²) in [6.45, 7) is 11.8. The first-order chi connectivity index (χ1) is 20.8. The van der Waals surface area contributed by atoms with Crippen LogP contribution >= 0.6 is 0 Å². The van der Waals surface area contributed by atoms with Crippen LogP contribution in [0.4, 0.5) is 4.79 Å². The fourth-order valence-electron chi connectivity index (χ4n) is 5.01. The molecule has 0 aliphatic rings. The first-order valence-corrected chi connectivity index (χ1v) is 15.8. The highest BCUT2D eigenvalue weighted by Gasteiger charge is 2.37. The molecule has 0 saturated carbocycles. The van der Waals surface area contributed by atoms with Crippen molar-refractivity contribution in [3.63, 3.8) is 0 Å². The zero-order chi connectivity index (χ0) is 32.7. The van der Waals surface area contributed by atoms with Gasteiger partial charge in [-0.3, -0.25) is 14.4 Å². The van der Waals surface area contributed by atoms with Gasteiger partial charge in [-0.05, 0) is 64.2 Å². The highest BCUT2D eigenvalue weighted by atomic mass is 16.6. The first kappa shape index (κ1) is 36.3. The van der Waals surface area contributed by atoms with Crippen molar-refractivity contribution in [2.45, 2.75) is 117 Å². The molecule has 2 aromatic carbocycles. The third-order valence-corrected chi connectivity index (χ3v) is 7.30. The SMILES string of the molecule is CCCCCCCCN(C(=O)C(CCC(N)=O)NC(=O)OC(C)(C)C)C(C(=O)NCc1ccccc1)c1cc(C)ccc1C. The zero-order valence-corrected chi connectivity index (χ0v) is 27.4. The van der Waals surface area contributed by atoms with Gasteiger partial charge in [-0.2, -0.15) is 0 Å². The van der Waals surface area contributed by atoms with Crippen molar-refractivity contribution in [2.24, 2.45) is 5.73 Å². The Kier molecular flexibility index (Phi) is 14.9. The minimum atomic E-state index is -1.12. The van der Waals surface area contributed by atoms with Crippen LogP contribution in [0.1, 0.15) is 107 Å². The van der Waals surface area contributed by atoms with Crippen LogP contribution in [0.2, 0.25) is 0 Å². The lowest BCUT2D eigenvalue weighted by Gasteiger charge is -2.35. The highest BCUT2D eigenvalue weighted by Crippen LogP contribution is 2.28. The van der Waals surface area contributed by atoms with Crippen LogP contribution in [0.25, 0.3) is 0 Å². The Morgan fingerprint density at radius 3 is 2.23 bits per heavy atom. The van der Waals surface area contributed by atoms with Gasteiger partial charge in [0.15, 0.2) is 0 Å². The summed E-state index contributed by atoms with van der Waals surface area (Å²) in [4.78, 5) is 54.7. The minimum absolute atomic E-state index is 0.0223. The number of ether oxygens (including phenoxy) is 1. The second-order valence-corrected chi connectivity index (χ2v) is 12.5. The molecule has 9 nitrogen and oxygen atoms in total. The quantitative estimate of drug-likeness (QED) is 0.189. The molecule has 44 heavy (non-hydrogen) atoms. The Labute approximate surface area is 263 Å². The predicted molar refractivity (Wildman–Crippen MR) is 174 cm³/mol. The molecule has 0 aromatic heterocycles. The maximum absolute atomic E-state index is 14.4. The Balaban J connectivity index is 2.52. The summed E-state index contributed by atoms with van der Waals surface area (Å²) in [6, 6.07) is 13.3. The van der Waals surface area contributed by atoms with Crippen molar-refractivity contribution in [3.8, 4) is 0 Å². The van der Waals surface area contributed by atoms with Crippen LogP contribution in [0, 0.1) is 13.8 Å².